The number of hydrogen-bond donors (Lipinski definition) is 0. The SMILES string of the molecule is CCN(C(=O)OC)c1ccc(Cc2ccc(N(CC)C(=O)OC)cc2)cc1. The van der Waals surface area contributed by atoms with Gasteiger partial charge >= 0.3 is 12.2 Å². The lowest BCUT2D eigenvalue weighted by Crippen LogP contribution is -2.30. The van der Waals surface area contributed by atoms with Crippen LogP contribution in [0.25, 0.3) is 0 Å². The standard InChI is InChI=1S/C21H26N2O4/c1-5-22(20(24)26-3)18-11-7-16(8-12-18)15-17-9-13-19(14-10-17)23(6-2)21(25)27-4/h7-14H,5-6,15H2,1-4H3. The first-order valence-corrected chi connectivity index (χ1v) is 8.92. The van der Waals surface area contributed by atoms with Crippen LogP contribution in [-0.2, 0) is 15.9 Å². The van der Waals surface area contributed by atoms with Crippen molar-refractivity contribution in [2.45, 2.75) is 20.3 Å². The molecule has 0 saturated carbocycles. The second kappa shape index (κ2) is 9.62. The highest BCUT2D eigenvalue weighted by Gasteiger charge is 2.15. The quantitative estimate of drug-likeness (QED) is 0.753. The van der Waals surface area contributed by atoms with Crippen LogP contribution in [0.15, 0.2) is 48.5 Å². The van der Waals surface area contributed by atoms with Gasteiger partial charge in [0, 0.05) is 24.5 Å². The molecule has 0 bridgehead atoms. The number of rotatable bonds is 6. The second-order valence-corrected chi connectivity index (χ2v) is 5.94. The van der Waals surface area contributed by atoms with Crippen molar-refractivity contribution in [3.8, 4) is 0 Å². The molecule has 0 radical (unpaired) electrons. The van der Waals surface area contributed by atoms with Gasteiger partial charge in [0.1, 0.15) is 0 Å². The van der Waals surface area contributed by atoms with E-state index in [0.717, 1.165) is 28.9 Å². The molecule has 0 saturated heterocycles. The van der Waals surface area contributed by atoms with E-state index >= 15 is 0 Å². The molecule has 2 amide bonds. The van der Waals surface area contributed by atoms with E-state index in [0.29, 0.717) is 13.1 Å². The summed E-state index contributed by atoms with van der Waals surface area (Å²) in [6.07, 6.45) is 0.0220. The summed E-state index contributed by atoms with van der Waals surface area (Å²) in [5, 5.41) is 0. The van der Waals surface area contributed by atoms with Gasteiger partial charge in [-0.3, -0.25) is 9.80 Å². The Balaban J connectivity index is 2.09. The summed E-state index contributed by atoms with van der Waals surface area (Å²) in [7, 11) is 2.76. The van der Waals surface area contributed by atoms with Crippen LogP contribution in [0, 0.1) is 0 Å². The maximum Gasteiger partial charge on any atom is 0.413 e. The fraction of sp³-hybridized carbons (Fsp3) is 0.333. The Morgan fingerprint density at radius 3 is 1.30 bits per heavy atom. The van der Waals surface area contributed by atoms with Gasteiger partial charge in [-0.1, -0.05) is 24.3 Å². The predicted octanol–water partition coefficient (Wildman–Crippen LogP) is 4.46. The minimum absolute atomic E-state index is 0.369. The Hall–Kier alpha value is -3.02. The Labute approximate surface area is 160 Å². The molecule has 0 aliphatic carbocycles. The number of carbonyl (C=O) groups excluding carboxylic acids is 2. The van der Waals surface area contributed by atoms with Crippen LogP contribution in [0.3, 0.4) is 0 Å². The monoisotopic (exact) mass is 370 g/mol. The summed E-state index contributed by atoms with van der Waals surface area (Å²) in [5.74, 6) is 0. The molecule has 27 heavy (non-hydrogen) atoms. The molecular weight excluding hydrogens is 344 g/mol. The number of amides is 2. The molecule has 0 aromatic heterocycles. The van der Waals surface area contributed by atoms with Gasteiger partial charge in [0.15, 0.2) is 0 Å². The van der Waals surface area contributed by atoms with Crippen LogP contribution in [0.2, 0.25) is 0 Å². The van der Waals surface area contributed by atoms with Gasteiger partial charge in [-0.15, -0.1) is 0 Å². The topological polar surface area (TPSA) is 59.1 Å². The number of benzene rings is 2. The first-order valence-electron chi connectivity index (χ1n) is 8.92. The van der Waals surface area contributed by atoms with Crippen molar-refractivity contribution in [2.24, 2.45) is 0 Å². The van der Waals surface area contributed by atoms with Crippen molar-refractivity contribution in [1.29, 1.82) is 0 Å². The molecule has 144 valence electrons. The smallest absolute Gasteiger partial charge is 0.413 e. The Kier molecular flexibility index (Phi) is 7.23. The third-order valence-corrected chi connectivity index (χ3v) is 4.33. The lowest BCUT2D eigenvalue weighted by atomic mass is 10.0. The molecule has 0 aliphatic heterocycles. The second-order valence-electron chi connectivity index (χ2n) is 5.94. The highest BCUT2D eigenvalue weighted by Crippen LogP contribution is 2.20. The van der Waals surface area contributed by atoms with Gasteiger partial charge in [0.2, 0.25) is 0 Å². The minimum Gasteiger partial charge on any atom is -0.452 e. The first kappa shape index (κ1) is 20.3. The van der Waals surface area contributed by atoms with Crippen LogP contribution in [0.5, 0.6) is 0 Å². The van der Waals surface area contributed by atoms with Crippen LogP contribution >= 0.6 is 0 Å². The van der Waals surface area contributed by atoms with Crippen LogP contribution < -0.4 is 9.80 Å². The minimum atomic E-state index is -0.369. The average molecular weight is 370 g/mol. The fourth-order valence-electron chi connectivity index (χ4n) is 2.88. The van der Waals surface area contributed by atoms with Gasteiger partial charge in [0.05, 0.1) is 14.2 Å². The van der Waals surface area contributed by atoms with E-state index in [2.05, 4.69) is 0 Å². The van der Waals surface area contributed by atoms with E-state index in [4.69, 9.17) is 9.47 Å². The molecule has 0 aliphatic rings. The number of anilines is 2. The van der Waals surface area contributed by atoms with E-state index in [9.17, 15) is 9.59 Å². The summed E-state index contributed by atoms with van der Waals surface area (Å²) in [6.45, 7) is 4.89. The zero-order valence-corrected chi connectivity index (χ0v) is 16.3. The van der Waals surface area contributed by atoms with Gasteiger partial charge in [-0.25, -0.2) is 9.59 Å². The number of hydrogen-bond acceptors (Lipinski definition) is 4. The molecular formula is C21H26N2O4. The first-order chi connectivity index (χ1) is 13.0. The average Bonchev–Trinajstić information content (AvgIpc) is 2.71. The molecule has 0 atom stereocenters. The molecule has 2 aromatic rings. The van der Waals surface area contributed by atoms with Crippen molar-refractivity contribution in [3.63, 3.8) is 0 Å². The maximum atomic E-state index is 11.8. The number of carbonyl (C=O) groups is 2. The summed E-state index contributed by atoms with van der Waals surface area (Å²) in [4.78, 5) is 26.7. The lowest BCUT2D eigenvalue weighted by Gasteiger charge is -2.20. The van der Waals surface area contributed by atoms with Gasteiger partial charge in [0.25, 0.3) is 0 Å². The van der Waals surface area contributed by atoms with E-state index < -0.39 is 0 Å². The molecule has 0 spiro atoms. The largest absolute Gasteiger partial charge is 0.452 e. The Bertz CT molecular complexity index is 691. The molecule has 6 nitrogen and oxygen atoms in total. The maximum absolute atomic E-state index is 11.8. The zero-order valence-electron chi connectivity index (χ0n) is 16.3. The van der Waals surface area contributed by atoms with E-state index in [1.807, 2.05) is 62.4 Å². The van der Waals surface area contributed by atoms with Gasteiger partial charge in [-0.2, -0.15) is 0 Å². The number of ether oxygens (including phenoxy) is 2. The van der Waals surface area contributed by atoms with Crippen molar-refractivity contribution < 1.29 is 19.1 Å². The van der Waals surface area contributed by atoms with Crippen molar-refractivity contribution >= 4 is 23.6 Å². The Morgan fingerprint density at radius 2 is 1.04 bits per heavy atom. The molecule has 0 unspecified atom stereocenters. The number of nitrogens with zero attached hydrogens (tertiary/aromatic N) is 2. The molecule has 0 N–H and O–H groups in total. The van der Waals surface area contributed by atoms with E-state index in [1.165, 1.54) is 14.2 Å². The van der Waals surface area contributed by atoms with Crippen molar-refractivity contribution in [2.75, 3.05) is 37.1 Å². The summed E-state index contributed by atoms with van der Waals surface area (Å²) in [6, 6.07) is 15.7. The van der Waals surface area contributed by atoms with Crippen LogP contribution in [-0.4, -0.2) is 39.5 Å². The zero-order chi connectivity index (χ0) is 19.8. The third kappa shape index (κ3) is 5.00. The normalized spacial score (nSPS) is 10.2. The fourth-order valence-corrected chi connectivity index (χ4v) is 2.88. The van der Waals surface area contributed by atoms with E-state index in [1.54, 1.807) is 9.80 Å². The van der Waals surface area contributed by atoms with Gasteiger partial charge < -0.3 is 9.47 Å². The molecule has 0 fully saturated rings. The summed E-state index contributed by atoms with van der Waals surface area (Å²) < 4.78 is 9.60. The van der Waals surface area contributed by atoms with Gasteiger partial charge in [-0.05, 0) is 55.7 Å². The van der Waals surface area contributed by atoms with Crippen LogP contribution in [0.4, 0.5) is 21.0 Å². The van der Waals surface area contributed by atoms with Crippen molar-refractivity contribution in [1.82, 2.24) is 0 Å². The third-order valence-electron chi connectivity index (χ3n) is 4.33. The van der Waals surface area contributed by atoms with Crippen molar-refractivity contribution in [3.05, 3.63) is 59.7 Å². The Morgan fingerprint density at radius 1 is 0.704 bits per heavy atom. The molecule has 6 heteroatoms. The summed E-state index contributed by atoms with van der Waals surface area (Å²) >= 11 is 0. The molecule has 2 aromatic carbocycles. The summed E-state index contributed by atoms with van der Waals surface area (Å²) in [5.41, 5.74) is 3.88. The highest BCUT2D eigenvalue weighted by atomic mass is 16.5. The van der Waals surface area contributed by atoms with E-state index in [-0.39, 0.29) is 12.2 Å². The highest BCUT2D eigenvalue weighted by molar-refractivity contribution is 5.88. The molecule has 0 heterocycles. The molecule has 2 rings (SSSR count). The number of methoxy groups -OCH3 is 2. The van der Waals surface area contributed by atoms with Crippen LogP contribution in [0.1, 0.15) is 25.0 Å². The predicted molar refractivity (Wildman–Crippen MR) is 107 cm³/mol. The lowest BCUT2D eigenvalue weighted by molar-refractivity contribution is 0.178.